The van der Waals surface area contributed by atoms with Crippen LogP contribution in [-0.4, -0.2) is 11.7 Å². The Morgan fingerprint density at radius 1 is 1.42 bits per heavy atom. The second-order valence-electron chi connectivity index (χ2n) is 2.36. The second kappa shape index (κ2) is 3.45. The van der Waals surface area contributed by atoms with Gasteiger partial charge in [-0.1, -0.05) is 18.7 Å². The van der Waals surface area contributed by atoms with Crippen molar-refractivity contribution < 1.29 is 13.9 Å². The summed E-state index contributed by atoms with van der Waals surface area (Å²) in [5.74, 6) is -1.89. The van der Waals surface area contributed by atoms with Gasteiger partial charge in [-0.25, -0.2) is 8.78 Å². The van der Waals surface area contributed by atoms with E-state index >= 15 is 0 Å². The molecule has 0 aliphatic carbocycles. The molecule has 0 unspecified atom stereocenters. The van der Waals surface area contributed by atoms with E-state index in [0.29, 0.717) is 0 Å². The molecule has 0 saturated heterocycles. The van der Waals surface area contributed by atoms with Crippen molar-refractivity contribution in [2.24, 2.45) is 0 Å². The van der Waals surface area contributed by atoms with Crippen LogP contribution in [-0.2, 0) is 0 Å². The van der Waals surface area contributed by atoms with Crippen LogP contribution in [0.1, 0.15) is 5.56 Å². The van der Waals surface area contributed by atoms with Crippen LogP contribution in [0.15, 0.2) is 24.8 Å². The zero-order chi connectivity index (χ0) is 9.14. The van der Waals surface area contributed by atoms with Gasteiger partial charge in [0.25, 0.3) is 0 Å². The molecule has 0 aromatic heterocycles. The number of benzene rings is 1. The molecule has 0 aliphatic heterocycles. The van der Waals surface area contributed by atoms with Crippen molar-refractivity contribution in [1.82, 2.24) is 0 Å². The average molecular weight is 170 g/mol. The molecule has 1 N–H and O–H groups in total. The summed E-state index contributed by atoms with van der Waals surface area (Å²) in [4.78, 5) is 0. The lowest BCUT2D eigenvalue weighted by Crippen LogP contribution is -1.95. The second-order valence-corrected chi connectivity index (χ2v) is 2.36. The minimum absolute atomic E-state index is 0.0255. The van der Waals surface area contributed by atoms with Gasteiger partial charge in [0, 0.05) is 5.56 Å². The fourth-order valence-electron chi connectivity index (χ4n) is 0.862. The molecule has 0 bridgehead atoms. The summed E-state index contributed by atoms with van der Waals surface area (Å²) in [7, 11) is 0. The number of halogens is 2. The van der Waals surface area contributed by atoms with Gasteiger partial charge in [-0.15, -0.1) is 0 Å². The highest BCUT2D eigenvalue weighted by Gasteiger charge is 2.08. The van der Waals surface area contributed by atoms with E-state index < -0.39 is 11.6 Å². The van der Waals surface area contributed by atoms with Crippen LogP contribution in [0.4, 0.5) is 8.78 Å². The third-order valence-corrected chi connectivity index (χ3v) is 1.52. The number of hydrogen-bond donors (Lipinski definition) is 1. The van der Waals surface area contributed by atoms with E-state index in [-0.39, 0.29) is 17.7 Å². The summed E-state index contributed by atoms with van der Waals surface area (Å²) >= 11 is 0. The number of aliphatic hydroxyl groups excluding tert-OH is 1. The Balaban J connectivity index is 3.16. The van der Waals surface area contributed by atoms with Crippen LogP contribution >= 0.6 is 0 Å². The molecule has 1 aromatic carbocycles. The van der Waals surface area contributed by atoms with Gasteiger partial charge in [-0.05, 0) is 11.6 Å². The van der Waals surface area contributed by atoms with Gasteiger partial charge in [-0.2, -0.15) is 0 Å². The predicted octanol–water partition coefficient (Wildman–Crippen LogP) is 1.97. The molecule has 1 nitrogen and oxygen atoms in total. The minimum Gasteiger partial charge on any atom is -0.392 e. The Hall–Kier alpha value is -1.22. The molecule has 64 valence electrons. The first kappa shape index (κ1) is 8.87. The van der Waals surface area contributed by atoms with Gasteiger partial charge in [-0.3, -0.25) is 0 Å². The number of hydrogen-bond acceptors (Lipinski definition) is 1. The van der Waals surface area contributed by atoms with Crippen molar-refractivity contribution in [1.29, 1.82) is 0 Å². The van der Waals surface area contributed by atoms with Gasteiger partial charge in [0.15, 0.2) is 11.6 Å². The van der Waals surface area contributed by atoms with Crippen molar-refractivity contribution in [3.8, 4) is 0 Å². The van der Waals surface area contributed by atoms with Gasteiger partial charge >= 0.3 is 0 Å². The monoisotopic (exact) mass is 170 g/mol. The van der Waals surface area contributed by atoms with E-state index in [9.17, 15) is 8.78 Å². The maximum absolute atomic E-state index is 12.9. The summed E-state index contributed by atoms with van der Waals surface area (Å²) < 4.78 is 25.5. The highest BCUT2D eigenvalue weighted by atomic mass is 19.2. The van der Waals surface area contributed by atoms with Crippen LogP contribution in [0, 0.1) is 11.6 Å². The van der Waals surface area contributed by atoms with Crippen LogP contribution in [0.2, 0.25) is 0 Å². The molecule has 1 rings (SSSR count). The van der Waals surface area contributed by atoms with Crippen LogP contribution in [0.3, 0.4) is 0 Å². The third-order valence-electron chi connectivity index (χ3n) is 1.52. The Morgan fingerprint density at radius 2 is 2.08 bits per heavy atom. The van der Waals surface area contributed by atoms with Crippen LogP contribution < -0.4 is 0 Å². The van der Waals surface area contributed by atoms with Gasteiger partial charge in [0.1, 0.15) is 0 Å². The molecule has 0 radical (unpaired) electrons. The number of aliphatic hydroxyl groups is 1. The molecule has 1 aromatic rings. The topological polar surface area (TPSA) is 20.2 Å². The van der Waals surface area contributed by atoms with Crippen molar-refractivity contribution in [3.05, 3.63) is 42.0 Å². The van der Waals surface area contributed by atoms with E-state index in [1.807, 2.05) is 0 Å². The third kappa shape index (κ3) is 1.51. The summed E-state index contributed by atoms with van der Waals surface area (Å²) in [6, 6.07) is 3.76. The first-order valence-corrected chi connectivity index (χ1v) is 3.40. The molecular weight excluding hydrogens is 162 g/mol. The van der Waals surface area contributed by atoms with E-state index in [0.717, 1.165) is 6.07 Å². The van der Waals surface area contributed by atoms with E-state index in [1.165, 1.54) is 12.1 Å². The smallest absolute Gasteiger partial charge is 0.166 e. The molecule has 0 saturated carbocycles. The van der Waals surface area contributed by atoms with Crippen LogP contribution in [0.25, 0.3) is 5.57 Å². The normalized spacial score (nSPS) is 9.92. The van der Waals surface area contributed by atoms with Gasteiger partial charge < -0.3 is 5.11 Å². The van der Waals surface area contributed by atoms with E-state index in [2.05, 4.69) is 6.58 Å². The van der Waals surface area contributed by atoms with Crippen molar-refractivity contribution in [2.75, 3.05) is 6.61 Å². The fourth-order valence-corrected chi connectivity index (χ4v) is 0.862. The summed E-state index contributed by atoms with van der Waals surface area (Å²) in [5, 5.41) is 8.61. The maximum Gasteiger partial charge on any atom is 0.166 e. The van der Waals surface area contributed by atoms with Crippen molar-refractivity contribution >= 4 is 5.57 Å². The first-order chi connectivity index (χ1) is 5.66. The highest BCUT2D eigenvalue weighted by Crippen LogP contribution is 2.17. The minimum atomic E-state index is -0.962. The van der Waals surface area contributed by atoms with Gasteiger partial charge in [0.05, 0.1) is 6.61 Å². The summed E-state index contributed by atoms with van der Waals surface area (Å²) in [6.07, 6.45) is 0. The molecule has 3 heteroatoms. The lowest BCUT2D eigenvalue weighted by atomic mass is 10.1. The molecule has 12 heavy (non-hydrogen) atoms. The molecular formula is C9H8F2O. The standard InChI is InChI=1S/C9H8F2O/c1-6(5-12)7-3-2-4-8(10)9(7)11/h2-4,12H,1,5H2. The van der Waals surface area contributed by atoms with E-state index in [1.54, 1.807) is 0 Å². The molecule has 0 atom stereocenters. The van der Waals surface area contributed by atoms with Crippen molar-refractivity contribution in [3.63, 3.8) is 0 Å². The maximum atomic E-state index is 12.9. The Bertz CT molecular complexity index is 307. The van der Waals surface area contributed by atoms with Crippen LogP contribution in [0.5, 0.6) is 0 Å². The zero-order valence-electron chi connectivity index (χ0n) is 6.35. The van der Waals surface area contributed by atoms with E-state index in [4.69, 9.17) is 5.11 Å². The Labute approximate surface area is 69.0 Å². The molecule has 0 amide bonds. The largest absolute Gasteiger partial charge is 0.392 e. The van der Waals surface area contributed by atoms with Crippen molar-refractivity contribution in [2.45, 2.75) is 0 Å². The Morgan fingerprint density at radius 3 is 2.67 bits per heavy atom. The van der Waals surface area contributed by atoms with Gasteiger partial charge in [0.2, 0.25) is 0 Å². The molecule has 0 spiro atoms. The quantitative estimate of drug-likeness (QED) is 0.719. The Kier molecular flexibility index (Phi) is 2.55. The lowest BCUT2D eigenvalue weighted by molar-refractivity contribution is 0.349. The highest BCUT2D eigenvalue weighted by molar-refractivity contribution is 5.64. The fraction of sp³-hybridized carbons (Fsp3) is 0.111. The molecule has 0 heterocycles. The first-order valence-electron chi connectivity index (χ1n) is 3.40. The predicted molar refractivity (Wildman–Crippen MR) is 42.5 cm³/mol. The molecule has 0 aliphatic rings. The number of rotatable bonds is 2. The SMILES string of the molecule is C=C(CO)c1cccc(F)c1F. The zero-order valence-corrected chi connectivity index (χ0v) is 6.35. The summed E-state index contributed by atoms with van der Waals surface area (Å²) in [5.41, 5.74) is 0.199. The lowest BCUT2D eigenvalue weighted by Gasteiger charge is -2.03. The summed E-state index contributed by atoms with van der Waals surface area (Å²) in [6.45, 7) is 3.01. The molecule has 0 fully saturated rings. The average Bonchev–Trinajstić information content (AvgIpc) is 2.08.